The van der Waals surface area contributed by atoms with Crippen LogP contribution in [0.15, 0.2) is 4.99 Å². The summed E-state index contributed by atoms with van der Waals surface area (Å²) in [5.74, 6) is 1.02. The summed E-state index contributed by atoms with van der Waals surface area (Å²) in [5.41, 5.74) is 5.70. The van der Waals surface area contributed by atoms with E-state index in [4.69, 9.17) is 5.73 Å². The maximum Gasteiger partial charge on any atom is 0.188 e. The fraction of sp³-hybridized carbons (Fsp3) is 0.900. The lowest BCUT2D eigenvalue weighted by Gasteiger charge is -2.11. The van der Waals surface area contributed by atoms with Gasteiger partial charge in [0, 0.05) is 23.6 Å². The molecule has 0 aromatic carbocycles. The SMILES string of the molecule is CC(C)CNC(N)=NCC1(S(C)=O)CC1.I. The first-order chi connectivity index (χ1) is 6.96. The van der Waals surface area contributed by atoms with Crippen LogP contribution in [0.2, 0.25) is 0 Å². The number of nitrogens with two attached hydrogens (primary N) is 1. The largest absolute Gasteiger partial charge is 0.370 e. The van der Waals surface area contributed by atoms with Gasteiger partial charge in [-0.25, -0.2) is 0 Å². The van der Waals surface area contributed by atoms with Crippen LogP contribution in [0.25, 0.3) is 0 Å². The molecule has 1 saturated carbocycles. The van der Waals surface area contributed by atoms with E-state index in [0.717, 1.165) is 19.4 Å². The lowest BCUT2D eigenvalue weighted by Crippen LogP contribution is -2.35. The van der Waals surface area contributed by atoms with Gasteiger partial charge < -0.3 is 11.1 Å². The minimum atomic E-state index is -0.784. The molecule has 0 amide bonds. The Hall–Kier alpha value is 0.150. The lowest BCUT2D eigenvalue weighted by atomic mass is 10.2. The molecule has 0 radical (unpaired) electrons. The van der Waals surface area contributed by atoms with Gasteiger partial charge in [0.05, 0.1) is 11.3 Å². The van der Waals surface area contributed by atoms with Gasteiger partial charge in [0.2, 0.25) is 0 Å². The molecule has 1 unspecified atom stereocenters. The van der Waals surface area contributed by atoms with Crippen molar-refractivity contribution in [2.45, 2.75) is 31.4 Å². The summed E-state index contributed by atoms with van der Waals surface area (Å²) >= 11 is 0. The summed E-state index contributed by atoms with van der Waals surface area (Å²) in [7, 11) is -0.784. The van der Waals surface area contributed by atoms with Crippen molar-refractivity contribution in [3.05, 3.63) is 0 Å². The van der Waals surface area contributed by atoms with Crippen LogP contribution < -0.4 is 11.1 Å². The van der Waals surface area contributed by atoms with Crippen molar-refractivity contribution in [3.8, 4) is 0 Å². The first kappa shape index (κ1) is 16.1. The number of halogens is 1. The van der Waals surface area contributed by atoms with Crippen molar-refractivity contribution >= 4 is 40.7 Å². The van der Waals surface area contributed by atoms with Gasteiger partial charge in [-0.2, -0.15) is 0 Å². The van der Waals surface area contributed by atoms with Crippen molar-refractivity contribution < 1.29 is 4.21 Å². The molecule has 0 spiro atoms. The van der Waals surface area contributed by atoms with Crippen LogP contribution in [0.1, 0.15) is 26.7 Å². The third-order valence-corrected chi connectivity index (χ3v) is 4.40. The Morgan fingerprint density at radius 3 is 2.50 bits per heavy atom. The van der Waals surface area contributed by atoms with Gasteiger partial charge in [0.25, 0.3) is 0 Å². The summed E-state index contributed by atoms with van der Waals surface area (Å²) in [5, 5.41) is 3.05. The average Bonchev–Trinajstić information content (AvgIpc) is 2.92. The van der Waals surface area contributed by atoms with Crippen LogP contribution in [0.3, 0.4) is 0 Å². The molecule has 1 fully saturated rings. The highest BCUT2D eigenvalue weighted by Gasteiger charge is 2.46. The molecular weight excluding hydrogens is 337 g/mol. The predicted octanol–water partition coefficient (Wildman–Crippen LogP) is 1.08. The molecule has 0 heterocycles. The van der Waals surface area contributed by atoms with Gasteiger partial charge >= 0.3 is 0 Å². The highest BCUT2D eigenvalue weighted by atomic mass is 127. The van der Waals surface area contributed by atoms with Crippen molar-refractivity contribution in [3.63, 3.8) is 0 Å². The summed E-state index contributed by atoms with van der Waals surface area (Å²) in [6, 6.07) is 0. The number of hydrogen-bond donors (Lipinski definition) is 2. The Morgan fingerprint density at radius 1 is 1.56 bits per heavy atom. The molecule has 16 heavy (non-hydrogen) atoms. The van der Waals surface area contributed by atoms with Crippen LogP contribution in [0.5, 0.6) is 0 Å². The third kappa shape index (κ3) is 4.99. The Morgan fingerprint density at radius 2 is 2.12 bits per heavy atom. The quantitative estimate of drug-likeness (QED) is 0.439. The van der Waals surface area contributed by atoms with Crippen molar-refractivity contribution in [1.29, 1.82) is 0 Å². The molecular formula is C10H22IN3OS. The summed E-state index contributed by atoms with van der Waals surface area (Å²) in [6.07, 6.45) is 3.77. The fourth-order valence-electron chi connectivity index (χ4n) is 1.27. The van der Waals surface area contributed by atoms with Crippen LogP contribution in [-0.4, -0.2) is 34.3 Å². The second kappa shape index (κ2) is 6.78. The van der Waals surface area contributed by atoms with Crippen molar-refractivity contribution in [1.82, 2.24) is 5.32 Å². The van der Waals surface area contributed by atoms with Crippen molar-refractivity contribution in [2.75, 3.05) is 19.3 Å². The van der Waals surface area contributed by atoms with Crippen LogP contribution in [-0.2, 0) is 10.8 Å². The Labute approximate surface area is 117 Å². The predicted molar refractivity (Wildman–Crippen MR) is 80.8 cm³/mol. The zero-order chi connectivity index (χ0) is 11.5. The minimum Gasteiger partial charge on any atom is -0.370 e. The third-order valence-electron chi connectivity index (χ3n) is 2.65. The van der Waals surface area contributed by atoms with Gasteiger partial charge in [-0.05, 0) is 18.8 Å². The van der Waals surface area contributed by atoms with Crippen LogP contribution in [0.4, 0.5) is 0 Å². The van der Waals surface area contributed by atoms with Crippen LogP contribution in [0, 0.1) is 5.92 Å². The summed E-state index contributed by atoms with van der Waals surface area (Å²) in [6.45, 7) is 5.65. The Balaban J connectivity index is 0.00000225. The second-order valence-electron chi connectivity index (χ2n) is 4.61. The molecule has 96 valence electrons. The molecule has 1 aliphatic rings. The number of nitrogens with zero attached hydrogens (tertiary/aromatic N) is 1. The van der Waals surface area contributed by atoms with E-state index in [1.54, 1.807) is 6.26 Å². The van der Waals surface area contributed by atoms with Gasteiger partial charge in [0.15, 0.2) is 5.96 Å². The van der Waals surface area contributed by atoms with Gasteiger partial charge in [-0.15, -0.1) is 24.0 Å². The normalized spacial score (nSPS) is 20.1. The minimum absolute atomic E-state index is 0. The number of guanidine groups is 1. The van der Waals surface area contributed by atoms with E-state index in [1.165, 1.54) is 0 Å². The molecule has 1 atom stereocenters. The van der Waals surface area contributed by atoms with E-state index in [9.17, 15) is 4.21 Å². The van der Waals surface area contributed by atoms with E-state index < -0.39 is 10.8 Å². The van der Waals surface area contributed by atoms with E-state index in [1.807, 2.05) is 0 Å². The van der Waals surface area contributed by atoms with Gasteiger partial charge in [0.1, 0.15) is 0 Å². The van der Waals surface area contributed by atoms with E-state index in [-0.39, 0.29) is 28.7 Å². The van der Waals surface area contributed by atoms with Gasteiger partial charge in [-0.1, -0.05) is 13.8 Å². The monoisotopic (exact) mass is 359 g/mol. The molecule has 0 aliphatic heterocycles. The Kier molecular flexibility index (Phi) is 6.84. The standard InChI is InChI=1S/C10H21N3OS.HI/c1-8(2)6-12-9(11)13-7-10(4-5-10)15(3)14;/h8H,4-7H2,1-3H3,(H3,11,12,13);1H. The van der Waals surface area contributed by atoms with Gasteiger partial charge in [-0.3, -0.25) is 9.20 Å². The number of nitrogens with one attached hydrogen (secondary N) is 1. The molecule has 1 rings (SSSR count). The second-order valence-corrected chi connectivity index (χ2v) is 6.39. The molecule has 4 nitrogen and oxygen atoms in total. The fourth-order valence-corrected chi connectivity index (χ4v) is 2.19. The Bertz CT molecular complexity index is 277. The zero-order valence-corrected chi connectivity index (χ0v) is 13.3. The molecule has 3 N–H and O–H groups in total. The summed E-state index contributed by atoms with van der Waals surface area (Å²) < 4.78 is 11.3. The van der Waals surface area contributed by atoms with Crippen LogP contribution >= 0.6 is 24.0 Å². The molecule has 0 bridgehead atoms. The van der Waals surface area contributed by atoms with Crippen molar-refractivity contribution in [2.24, 2.45) is 16.6 Å². The molecule has 0 aromatic heterocycles. The topological polar surface area (TPSA) is 67.5 Å². The first-order valence-electron chi connectivity index (χ1n) is 5.33. The zero-order valence-electron chi connectivity index (χ0n) is 10.2. The molecule has 1 aliphatic carbocycles. The highest BCUT2D eigenvalue weighted by molar-refractivity contribution is 14.0. The molecule has 0 saturated heterocycles. The number of aliphatic imine (C=N–C) groups is 1. The first-order valence-corrected chi connectivity index (χ1v) is 6.89. The summed E-state index contributed by atoms with van der Waals surface area (Å²) in [4.78, 5) is 4.24. The van der Waals surface area contributed by atoms with E-state index >= 15 is 0 Å². The van der Waals surface area contributed by atoms with E-state index in [2.05, 4.69) is 24.2 Å². The highest BCUT2D eigenvalue weighted by Crippen LogP contribution is 2.41. The average molecular weight is 359 g/mol. The smallest absolute Gasteiger partial charge is 0.188 e. The van der Waals surface area contributed by atoms with E-state index in [0.29, 0.717) is 18.4 Å². The maximum absolute atomic E-state index is 11.4. The number of rotatable bonds is 5. The molecule has 6 heteroatoms. The maximum atomic E-state index is 11.4. The molecule has 0 aromatic rings. The lowest BCUT2D eigenvalue weighted by molar-refractivity contribution is 0.621. The number of hydrogen-bond acceptors (Lipinski definition) is 2.